The maximum atomic E-state index is 13.1. The molecule has 0 amide bonds. The van der Waals surface area contributed by atoms with Gasteiger partial charge in [-0.3, -0.25) is 4.84 Å². The number of hydrogen-bond donors (Lipinski definition) is 2. The third kappa shape index (κ3) is 4.24. The van der Waals surface area contributed by atoms with Gasteiger partial charge in [-0.15, -0.1) is 0 Å². The second kappa shape index (κ2) is 6.57. The van der Waals surface area contributed by atoms with Crippen LogP contribution in [0.2, 0.25) is 0 Å². The topological polar surface area (TPSA) is 102 Å². The Hall–Kier alpha value is -1.55. The molecule has 0 aliphatic heterocycles. The third-order valence-corrected chi connectivity index (χ3v) is 3.25. The van der Waals surface area contributed by atoms with E-state index in [1.807, 2.05) is 0 Å². The summed E-state index contributed by atoms with van der Waals surface area (Å²) in [7, 11) is -2.66. The largest absolute Gasteiger partial charge is 0.478 e. The number of carbonyl (C=O) groups is 1. The van der Waals surface area contributed by atoms with Gasteiger partial charge in [0.1, 0.15) is 5.82 Å². The van der Waals surface area contributed by atoms with Crippen molar-refractivity contribution in [1.29, 1.82) is 0 Å². The molecule has 0 aliphatic rings. The van der Waals surface area contributed by atoms with E-state index < -0.39 is 32.3 Å². The Kier molecular flexibility index (Phi) is 5.36. The average Bonchev–Trinajstić information content (AvgIpc) is 2.34. The normalized spacial score (nSPS) is 11.5. The second-order valence-electron chi connectivity index (χ2n) is 3.37. The fourth-order valence-corrected chi connectivity index (χ4v) is 1.98. The fourth-order valence-electron chi connectivity index (χ4n) is 1.13. The molecule has 0 bridgehead atoms. The molecule has 1 rings (SSSR count). The van der Waals surface area contributed by atoms with Crippen LogP contribution >= 0.6 is 0 Å². The zero-order chi connectivity index (χ0) is 14.5. The molecule has 0 aromatic heterocycles. The molecule has 0 radical (unpaired) electrons. The SMILES string of the molecule is COCCONS(=O)(=O)c1ccc(F)c(C(=O)O)c1. The van der Waals surface area contributed by atoms with E-state index >= 15 is 0 Å². The smallest absolute Gasteiger partial charge is 0.338 e. The quantitative estimate of drug-likeness (QED) is 0.556. The summed E-state index contributed by atoms with van der Waals surface area (Å²) in [4.78, 5) is 16.7. The predicted molar refractivity (Wildman–Crippen MR) is 61.5 cm³/mol. The van der Waals surface area contributed by atoms with Crippen LogP contribution in [0.3, 0.4) is 0 Å². The molecule has 1 aromatic carbocycles. The molecule has 0 fully saturated rings. The zero-order valence-electron chi connectivity index (χ0n) is 9.92. The molecule has 1 aromatic rings. The molecule has 0 atom stereocenters. The van der Waals surface area contributed by atoms with Crippen molar-refractivity contribution in [2.75, 3.05) is 20.3 Å². The predicted octanol–water partition coefficient (Wildman–Crippen LogP) is 0.380. The van der Waals surface area contributed by atoms with Gasteiger partial charge in [-0.05, 0) is 18.2 Å². The van der Waals surface area contributed by atoms with E-state index in [1.165, 1.54) is 7.11 Å². The number of methoxy groups -OCH3 is 1. The molecule has 7 nitrogen and oxygen atoms in total. The number of rotatable bonds is 7. The second-order valence-corrected chi connectivity index (χ2v) is 5.02. The van der Waals surface area contributed by atoms with Crippen LogP contribution in [0.4, 0.5) is 4.39 Å². The summed E-state index contributed by atoms with van der Waals surface area (Å²) in [6, 6.07) is 2.40. The van der Waals surface area contributed by atoms with Crippen LogP contribution < -0.4 is 4.89 Å². The molecule has 2 N–H and O–H groups in total. The number of ether oxygens (including phenoxy) is 1. The van der Waals surface area contributed by atoms with Gasteiger partial charge in [0.05, 0.1) is 23.7 Å². The van der Waals surface area contributed by atoms with Gasteiger partial charge in [-0.1, -0.05) is 4.89 Å². The highest BCUT2D eigenvalue weighted by Gasteiger charge is 2.19. The van der Waals surface area contributed by atoms with Crippen molar-refractivity contribution in [3.8, 4) is 0 Å². The van der Waals surface area contributed by atoms with Crippen LogP contribution in [0.15, 0.2) is 23.1 Å². The van der Waals surface area contributed by atoms with E-state index in [2.05, 4.69) is 9.57 Å². The Bertz CT molecular complexity index is 559. The van der Waals surface area contributed by atoms with Gasteiger partial charge in [0.25, 0.3) is 10.0 Å². The van der Waals surface area contributed by atoms with Gasteiger partial charge in [0.15, 0.2) is 0 Å². The van der Waals surface area contributed by atoms with Gasteiger partial charge >= 0.3 is 5.97 Å². The third-order valence-electron chi connectivity index (χ3n) is 2.04. The van der Waals surface area contributed by atoms with Crippen molar-refractivity contribution < 1.29 is 32.3 Å². The summed E-state index contributed by atoms with van der Waals surface area (Å²) < 4.78 is 41.1. The van der Waals surface area contributed by atoms with Crippen molar-refractivity contribution in [2.24, 2.45) is 0 Å². The van der Waals surface area contributed by atoms with E-state index in [0.29, 0.717) is 6.07 Å². The number of nitrogens with one attached hydrogen (secondary N) is 1. The zero-order valence-corrected chi connectivity index (χ0v) is 10.7. The average molecular weight is 293 g/mol. The Morgan fingerprint density at radius 2 is 2.11 bits per heavy atom. The van der Waals surface area contributed by atoms with Crippen LogP contribution in [0.5, 0.6) is 0 Å². The highest BCUT2D eigenvalue weighted by molar-refractivity contribution is 7.89. The number of carboxylic acid groups (broad SMARTS) is 1. The summed E-state index contributed by atoms with van der Waals surface area (Å²) in [6.07, 6.45) is 0. The first-order valence-electron chi connectivity index (χ1n) is 5.04. The highest BCUT2D eigenvalue weighted by Crippen LogP contribution is 2.15. The molecule has 106 valence electrons. The van der Waals surface area contributed by atoms with Crippen molar-refractivity contribution in [3.63, 3.8) is 0 Å². The van der Waals surface area contributed by atoms with Gasteiger partial charge < -0.3 is 9.84 Å². The number of halogens is 1. The van der Waals surface area contributed by atoms with Crippen LogP contribution in [0.25, 0.3) is 0 Å². The summed E-state index contributed by atoms with van der Waals surface area (Å²) in [5, 5.41) is 8.70. The number of hydrogen-bond acceptors (Lipinski definition) is 5. The lowest BCUT2D eigenvalue weighted by molar-refractivity contribution is 0.0438. The molecular formula is C10H12FNO6S. The Labute approximate surface area is 109 Å². The monoisotopic (exact) mass is 293 g/mol. The van der Waals surface area contributed by atoms with Crippen LogP contribution in [-0.4, -0.2) is 39.8 Å². The van der Waals surface area contributed by atoms with E-state index in [-0.39, 0.29) is 13.2 Å². The first-order chi connectivity index (χ1) is 8.88. The van der Waals surface area contributed by atoms with Crippen molar-refractivity contribution >= 4 is 16.0 Å². The van der Waals surface area contributed by atoms with Crippen molar-refractivity contribution in [1.82, 2.24) is 4.89 Å². The molecule has 0 saturated heterocycles. The molecular weight excluding hydrogens is 281 g/mol. The first kappa shape index (κ1) is 15.5. The van der Waals surface area contributed by atoms with Gasteiger partial charge in [-0.2, -0.15) is 0 Å². The summed E-state index contributed by atoms with van der Waals surface area (Å²) in [6.45, 7) is 0.148. The molecule has 0 saturated carbocycles. The maximum absolute atomic E-state index is 13.1. The molecule has 19 heavy (non-hydrogen) atoms. The minimum atomic E-state index is -4.07. The fraction of sp³-hybridized carbons (Fsp3) is 0.300. The molecule has 0 unspecified atom stereocenters. The van der Waals surface area contributed by atoms with Crippen molar-refractivity contribution in [2.45, 2.75) is 4.90 Å². The maximum Gasteiger partial charge on any atom is 0.338 e. The van der Waals surface area contributed by atoms with Gasteiger partial charge in [0.2, 0.25) is 0 Å². The van der Waals surface area contributed by atoms with Gasteiger partial charge in [-0.25, -0.2) is 17.6 Å². The minimum Gasteiger partial charge on any atom is -0.478 e. The number of aromatic carboxylic acids is 1. The van der Waals surface area contributed by atoms with E-state index in [9.17, 15) is 17.6 Å². The number of benzene rings is 1. The number of sulfonamides is 1. The van der Waals surface area contributed by atoms with Crippen LogP contribution in [0.1, 0.15) is 10.4 Å². The van der Waals surface area contributed by atoms with Crippen LogP contribution in [-0.2, 0) is 19.6 Å². The van der Waals surface area contributed by atoms with Crippen LogP contribution in [0, 0.1) is 5.82 Å². The summed E-state index contributed by atoms with van der Waals surface area (Å²) >= 11 is 0. The lowest BCUT2D eigenvalue weighted by Gasteiger charge is -2.07. The Morgan fingerprint density at radius 3 is 2.68 bits per heavy atom. The Morgan fingerprint density at radius 1 is 1.42 bits per heavy atom. The molecule has 0 aliphatic carbocycles. The van der Waals surface area contributed by atoms with Crippen molar-refractivity contribution in [3.05, 3.63) is 29.6 Å². The molecule has 0 heterocycles. The summed E-state index contributed by atoms with van der Waals surface area (Å²) in [5.74, 6) is -2.58. The van der Waals surface area contributed by atoms with E-state index in [4.69, 9.17) is 5.11 Å². The molecule has 0 spiro atoms. The Balaban J connectivity index is 2.89. The van der Waals surface area contributed by atoms with E-state index in [1.54, 1.807) is 4.89 Å². The van der Waals surface area contributed by atoms with E-state index in [0.717, 1.165) is 12.1 Å². The minimum absolute atomic E-state index is 0.0251. The summed E-state index contributed by atoms with van der Waals surface area (Å²) in [5.41, 5.74) is -0.736. The number of carboxylic acids is 1. The standard InChI is InChI=1S/C10H12FNO6S/c1-17-4-5-18-12-19(15,16)7-2-3-9(11)8(6-7)10(13)14/h2-3,6,12H,4-5H2,1H3,(H,13,14). The molecule has 9 heteroatoms. The van der Waals surface area contributed by atoms with Gasteiger partial charge in [0, 0.05) is 7.11 Å². The highest BCUT2D eigenvalue weighted by atomic mass is 32.2. The first-order valence-corrected chi connectivity index (χ1v) is 6.52. The lowest BCUT2D eigenvalue weighted by Crippen LogP contribution is -2.26. The lowest BCUT2D eigenvalue weighted by atomic mass is 10.2.